The summed E-state index contributed by atoms with van der Waals surface area (Å²) in [4.78, 5) is 22.3. The first-order valence-electron chi connectivity index (χ1n) is 7.42. The Balaban J connectivity index is 1.81. The van der Waals surface area contributed by atoms with E-state index in [2.05, 4.69) is 27.1 Å². The van der Waals surface area contributed by atoms with Crippen LogP contribution in [0.1, 0.15) is 36.8 Å². The number of hydrogen-bond acceptors (Lipinski definition) is 3. The van der Waals surface area contributed by atoms with Crippen LogP contribution >= 0.6 is 0 Å². The molecule has 0 spiro atoms. The lowest BCUT2D eigenvalue weighted by Crippen LogP contribution is -2.40. The number of nitrogens with zero attached hydrogens (tertiary/aromatic N) is 3. The Hall–Kier alpha value is -2.87. The molecule has 1 aromatic carbocycles. The topological polar surface area (TPSA) is 58.1 Å². The molecule has 0 aliphatic carbocycles. The molecule has 0 bridgehead atoms. The Morgan fingerprint density at radius 3 is 2.43 bits per heavy atom. The van der Waals surface area contributed by atoms with Gasteiger partial charge in [0.05, 0.1) is 29.7 Å². The first-order chi connectivity index (χ1) is 11.0. The summed E-state index contributed by atoms with van der Waals surface area (Å²) in [5.74, 6) is 6.05. The van der Waals surface area contributed by atoms with Crippen LogP contribution in [0.5, 0.6) is 0 Å². The fourth-order valence-corrected chi connectivity index (χ4v) is 2.50. The molecule has 1 aromatic heterocycles. The molecule has 0 radical (unpaired) electrons. The Kier molecular flexibility index (Phi) is 3.75. The third kappa shape index (κ3) is 2.88. The zero-order valence-corrected chi connectivity index (χ0v) is 13.4. The summed E-state index contributed by atoms with van der Waals surface area (Å²) in [5.41, 5.74) is 1.92. The zero-order valence-electron chi connectivity index (χ0n) is 13.4. The Morgan fingerprint density at radius 1 is 1.13 bits per heavy atom. The van der Waals surface area contributed by atoms with E-state index in [1.807, 2.05) is 44.2 Å². The quantitative estimate of drug-likeness (QED) is 0.823. The highest BCUT2D eigenvalue weighted by Gasteiger charge is 2.45. The van der Waals surface area contributed by atoms with Gasteiger partial charge in [0.25, 0.3) is 0 Å². The summed E-state index contributed by atoms with van der Waals surface area (Å²) in [6, 6.07) is 9.44. The molecule has 3 rings (SSSR count). The highest BCUT2D eigenvalue weighted by molar-refractivity contribution is 5.78. The molecular weight excluding hydrogens is 288 g/mol. The van der Waals surface area contributed by atoms with Gasteiger partial charge in [-0.15, -0.1) is 0 Å². The fourth-order valence-electron chi connectivity index (χ4n) is 2.50. The first-order valence-corrected chi connectivity index (χ1v) is 7.42. The number of rotatable bonds is 1. The molecule has 5 nitrogen and oxygen atoms in total. The maximum absolute atomic E-state index is 11.8. The van der Waals surface area contributed by atoms with E-state index in [0.29, 0.717) is 5.69 Å². The minimum absolute atomic E-state index is 0.102. The molecule has 2 heterocycles. The number of nitrogens with one attached hydrogen (secondary N) is 1. The van der Waals surface area contributed by atoms with Crippen molar-refractivity contribution in [1.29, 1.82) is 0 Å². The van der Waals surface area contributed by atoms with Crippen LogP contribution in [-0.4, -0.2) is 33.5 Å². The first kappa shape index (κ1) is 15.0. The smallest absolute Gasteiger partial charge is 0.318 e. The fraction of sp³-hybridized carbons (Fsp3) is 0.278. The summed E-state index contributed by atoms with van der Waals surface area (Å²) < 4.78 is 0. The molecule has 1 unspecified atom stereocenters. The van der Waals surface area contributed by atoms with E-state index in [1.54, 1.807) is 24.3 Å². The molecule has 5 heteroatoms. The third-order valence-corrected chi connectivity index (χ3v) is 4.22. The van der Waals surface area contributed by atoms with Gasteiger partial charge >= 0.3 is 6.03 Å². The largest absolute Gasteiger partial charge is 0.327 e. The van der Waals surface area contributed by atoms with Crippen molar-refractivity contribution < 1.29 is 4.79 Å². The van der Waals surface area contributed by atoms with E-state index in [0.717, 1.165) is 11.3 Å². The van der Waals surface area contributed by atoms with E-state index in [4.69, 9.17) is 0 Å². The monoisotopic (exact) mass is 306 g/mol. The SMILES string of the molecule is CN1C(=O)NC(c2cnc(C#Cc3ccccc3)cn2)C1(C)C. The van der Waals surface area contributed by atoms with Gasteiger partial charge in [0.2, 0.25) is 0 Å². The lowest BCUT2D eigenvalue weighted by Gasteiger charge is -2.30. The molecule has 0 saturated carbocycles. The number of hydrogen-bond donors (Lipinski definition) is 1. The van der Waals surface area contributed by atoms with Crippen LogP contribution in [0.2, 0.25) is 0 Å². The van der Waals surface area contributed by atoms with Crippen LogP contribution in [0.25, 0.3) is 0 Å². The van der Waals surface area contributed by atoms with Crippen molar-refractivity contribution in [1.82, 2.24) is 20.2 Å². The van der Waals surface area contributed by atoms with Crippen molar-refractivity contribution in [3.63, 3.8) is 0 Å². The third-order valence-electron chi connectivity index (χ3n) is 4.22. The van der Waals surface area contributed by atoms with E-state index >= 15 is 0 Å². The van der Waals surface area contributed by atoms with Crippen molar-refractivity contribution in [3.05, 3.63) is 59.7 Å². The van der Waals surface area contributed by atoms with Crippen LogP contribution in [0, 0.1) is 11.8 Å². The second-order valence-corrected chi connectivity index (χ2v) is 6.04. The molecule has 1 aliphatic heterocycles. The average Bonchev–Trinajstić information content (AvgIpc) is 2.77. The normalized spacial score (nSPS) is 19.0. The molecule has 1 N–H and O–H groups in total. The van der Waals surface area contributed by atoms with Gasteiger partial charge in [-0.1, -0.05) is 24.1 Å². The number of benzene rings is 1. The Bertz CT molecular complexity index is 772. The summed E-state index contributed by atoms with van der Waals surface area (Å²) in [6.07, 6.45) is 3.33. The van der Waals surface area contributed by atoms with Gasteiger partial charge in [0, 0.05) is 12.6 Å². The summed E-state index contributed by atoms with van der Waals surface area (Å²) >= 11 is 0. The van der Waals surface area contributed by atoms with Crippen molar-refractivity contribution >= 4 is 6.03 Å². The zero-order chi connectivity index (χ0) is 16.4. The highest BCUT2D eigenvalue weighted by atomic mass is 16.2. The van der Waals surface area contributed by atoms with Crippen molar-refractivity contribution in [2.45, 2.75) is 25.4 Å². The van der Waals surface area contributed by atoms with Crippen LogP contribution in [0.15, 0.2) is 42.7 Å². The standard InChI is InChI=1S/C18H18N4O/c1-18(2)16(21-17(23)22(18)3)15-12-19-14(11-20-15)10-9-13-7-5-4-6-8-13/h4-8,11-12,16H,1-3H3,(H,21,23). The van der Waals surface area contributed by atoms with Gasteiger partial charge in [-0.05, 0) is 31.9 Å². The van der Waals surface area contributed by atoms with E-state index in [9.17, 15) is 4.79 Å². The number of likely N-dealkylation sites (N-methyl/N-ethyl adjacent to an activating group) is 1. The summed E-state index contributed by atoms with van der Waals surface area (Å²) in [5, 5.41) is 2.94. The number of urea groups is 1. The summed E-state index contributed by atoms with van der Waals surface area (Å²) in [6.45, 7) is 4.00. The van der Waals surface area contributed by atoms with E-state index in [1.165, 1.54) is 0 Å². The molecule has 2 amide bonds. The molecule has 2 aromatic rings. The second-order valence-electron chi connectivity index (χ2n) is 6.04. The predicted octanol–water partition coefficient (Wildman–Crippen LogP) is 2.35. The Labute approximate surface area is 135 Å². The maximum atomic E-state index is 11.8. The lowest BCUT2D eigenvalue weighted by atomic mass is 9.93. The number of carbonyl (C=O) groups excluding carboxylic acids is 1. The van der Waals surface area contributed by atoms with Crippen LogP contribution < -0.4 is 5.32 Å². The van der Waals surface area contributed by atoms with Gasteiger partial charge in [0.1, 0.15) is 5.69 Å². The molecule has 23 heavy (non-hydrogen) atoms. The number of aromatic nitrogens is 2. The Morgan fingerprint density at radius 2 is 1.87 bits per heavy atom. The van der Waals surface area contributed by atoms with Crippen LogP contribution in [0.3, 0.4) is 0 Å². The predicted molar refractivity (Wildman–Crippen MR) is 87.6 cm³/mol. The second kappa shape index (κ2) is 5.73. The van der Waals surface area contributed by atoms with Crippen LogP contribution in [0.4, 0.5) is 4.79 Å². The average molecular weight is 306 g/mol. The van der Waals surface area contributed by atoms with Crippen LogP contribution in [-0.2, 0) is 0 Å². The molecular formula is C18H18N4O. The molecule has 116 valence electrons. The maximum Gasteiger partial charge on any atom is 0.318 e. The highest BCUT2D eigenvalue weighted by Crippen LogP contribution is 2.33. The van der Waals surface area contributed by atoms with Gasteiger partial charge < -0.3 is 10.2 Å². The van der Waals surface area contributed by atoms with Crippen molar-refractivity contribution in [2.75, 3.05) is 7.05 Å². The van der Waals surface area contributed by atoms with E-state index < -0.39 is 0 Å². The van der Waals surface area contributed by atoms with Crippen molar-refractivity contribution in [2.24, 2.45) is 0 Å². The molecule has 1 atom stereocenters. The van der Waals surface area contributed by atoms with E-state index in [-0.39, 0.29) is 17.6 Å². The van der Waals surface area contributed by atoms with Gasteiger partial charge in [-0.2, -0.15) is 0 Å². The van der Waals surface area contributed by atoms with Crippen molar-refractivity contribution in [3.8, 4) is 11.8 Å². The number of amides is 2. The lowest BCUT2D eigenvalue weighted by molar-refractivity contribution is 0.187. The van der Waals surface area contributed by atoms with Gasteiger partial charge in [0.15, 0.2) is 0 Å². The number of carbonyl (C=O) groups is 1. The van der Waals surface area contributed by atoms with Gasteiger partial charge in [-0.25, -0.2) is 9.78 Å². The minimum atomic E-state index is -0.358. The molecule has 1 aliphatic rings. The minimum Gasteiger partial charge on any atom is -0.327 e. The van der Waals surface area contributed by atoms with Gasteiger partial charge in [-0.3, -0.25) is 4.98 Å². The summed E-state index contributed by atoms with van der Waals surface area (Å²) in [7, 11) is 1.78. The molecule has 1 saturated heterocycles. The molecule has 1 fully saturated rings.